The Bertz CT molecular complexity index is 1050. The van der Waals surface area contributed by atoms with Crippen LogP contribution in [0.25, 0.3) is 0 Å². The van der Waals surface area contributed by atoms with Crippen molar-refractivity contribution in [3.8, 4) is 0 Å². The number of amides is 4. The normalized spacial score (nSPS) is 29.1. The molecule has 0 radical (unpaired) electrons. The standard InChI is InChI=1S/C28H40N4O5S/c1-27(2,3)37-26(36)30-21-13-8-6-4-5-7-11-19-17-28(19,25(35)29-18-20-12-10-16-38-20)31-23(33)22-14-9-15-32(22)24(21)34/h7,10-12,16,19,21-22H,4-6,8-9,13-15,17-18H2,1-3H3,(H,29,35)(H,30,36)(H,31,33)/b11-7-/t19-,21+,22?,28-/m1/s1. The molecule has 0 bridgehead atoms. The Morgan fingerprint density at radius 2 is 2.00 bits per heavy atom. The summed E-state index contributed by atoms with van der Waals surface area (Å²) in [6, 6.07) is 2.46. The fourth-order valence-electron chi connectivity index (χ4n) is 5.28. The highest BCUT2D eigenvalue weighted by atomic mass is 32.1. The summed E-state index contributed by atoms with van der Waals surface area (Å²) in [5.41, 5.74) is -1.69. The molecule has 2 aliphatic heterocycles. The number of carbonyl (C=O) groups is 4. The molecule has 4 amide bonds. The van der Waals surface area contributed by atoms with Gasteiger partial charge in [0.25, 0.3) is 0 Å². The molecule has 1 aromatic rings. The maximum Gasteiger partial charge on any atom is 0.408 e. The van der Waals surface area contributed by atoms with Crippen LogP contribution in [-0.2, 0) is 25.7 Å². The second kappa shape index (κ2) is 11.9. The summed E-state index contributed by atoms with van der Waals surface area (Å²) in [6.45, 7) is 6.17. The topological polar surface area (TPSA) is 117 Å². The molecule has 3 N–H and O–H groups in total. The van der Waals surface area contributed by atoms with E-state index in [2.05, 4.69) is 28.1 Å². The van der Waals surface area contributed by atoms with E-state index in [0.29, 0.717) is 38.8 Å². The van der Waals surface area contributed by atoms with Gasteiger partial charge in [0.15, 0.2) is 0 Å². The fraction of sp³-hybridized carbons (Fsp3) is 0.643. The summed E-state index contributed by atoms with van der Waals surface area (Å²) >= 11 is 1.57. The molecule has 1 aliphatic carbocycles. The molecular formula is C28H40N4O5S. The van der Waals surface area contributed by atoms with Crippen LogP contribution in [0.15, 0.2) is 29.7 Å². The number of nitrogens with one attached hydrogen (secondary N) is 3. The van der Waals surface area contributed by atoms with E-state index < -0.39 is 29.3 Å². The van der Waals surface area contributed by atoms with Crippen LogP contribution in [0.1, 0.15) is 77.0 Å². The highest BCUT2D eigenvalue weighted by Gasteiger charge is 2.60. The monoisotopic (exact) mass is 544 g/mol. The molecule has 208 valence electrons. The van der Waals surface area contributed by atoms with E-state index in [1.165, 1.54) is 0 Å². The van der Waals surface area contributed by atoms with Crippen molar-refractivity contribution in [1.82, 2.24) is 20.9 Å². The van der Waals surface area contributed by atoms with E-state index >= 15 is 0 Å². The molecule has 1 unspecified atom stereocenters. The minimum Gasteiger partial charge on any atom is -0.444 e. The van der Waals surface area contributed by atoms with Crippen molar-refractivity contribution in [3.63, 3.8) is 0 Å². The lowest BCUT2D eigenvalue weighted by Gasteiger charge is -2.30. The van der Waals surface area contributed by atoms with E-state index in [0.717, 1.165) is 30.6 Å². The molecule has 10 heteroatoms. The third-order valence-electron chi connectivity index (χ3n) is 7.33. The van der Waals surface area contributed by atoms with Crippen LogP contribution in [0.5, 0.6) is 0 Å². The maximum absolute atomic E-state index is 13.6. The van der Waals surface area contributed by atoms with Gasteiger partial charge in [0.2, 0.25) is 17.7 Å². The zero-order chi connectivity index (χ0) is 27.3. The van der Waals surface area contributed by atoms with Crippen LogP contribution < -0.4 is 16.0 Å². The van der Waals surface area contributed by atoms with Gasteiger partial charge in [0, 0.05) is 17.3 Å². The average molecular weight is 545 g/mol. The number of ether oxygens (including phenoxy) is 1. The SMILES string of the molecule is CC(C)(C)OC(=O)N[C@H]1CCCCC/C=C\[C@@H]2C[C@@]2(C(=O)NCc2cccs2)NC(=O)C2CCCN2C1=O. The number of thiophene rings is 1. The molecule has 1 saturated carbocycles. The van der Waals surface area contributed by atoms with Gasteiger partial charge in [0.1, 0.15) is 23.2 Å². The average Bonchev–Trinajstić information content (AvgIpc) is 3.22. The van der Waals surface area contributed by atoms with Crippen molar-refractivity contribution in [2.45, 2.75) is 102 Å². The van der Waals surface area contributed by atoms with E-state index in [9.17, 15) is 19.2 Å². The van der Waals surface area contributed by atoms with Gasteiger partial charge in [-0.05, 0) is 70.7 Å². The molecule has 2 fully saturated rings. The first kappa shape index (κ1) is 28.1. The van der Waals surface area contributed by atoms with E-state index in [-0.39, 0.29) is 23.6 Å². The molecule has 4 atom stereocenters. The van der Waals surface area contributed by atoms with Gasteiger partial charge in [-0.25, -0.2) is 4.79 Å². The van der Waals surface area contributed by atoms with Crippen LogP contribution in [0.2, 0.25) is 0 Å². The molecule has 0 aromatic carbocycles. The Labute approximate surface area is 228 Å². The Morgan fingerprint density at radius 1 is 1.18 bits per heavy atom. The summed E-state index contributed by atoms with van der Waals surface area (Å²) < 4.78 is 5.40. The Balaban J connectivity index is 1.51. The van der Waals surface area contributed by atoms with Crippen LogP contribution in [-0.4, -0.2) is 58.5 Å². The number of rotatable bonds is 4. The smallest absolute Gasteiger partial charge is 0.408 e. The van der Waals surface area contributed by atoms with E-state index in [4.69, 9.17) is 4.74 Å². The summed E-state index contributed by atoms with van der Waals surface area (Å²) in [6.07, 6.45) is 9.18. The fourth-order valence-corrected chi connectivity index (χ4v) is 5.93. The highest BCUT2D eigenvalue weighted by molar-refractivity contribution is 7.09. The molecule has 38 heavy (non-hydrogen) atoms. The molecule has 1 saturated heterocycles. The lowest BCUT2D eigenvalue weighted by atomic mass is 10.0. The number of nitrogens with zero attached hydrogens (tertiary/aromatic N) is 1. The van der Waals surface area contributed by atoms with Gasteiger partial charge in [0.05, 0.1) is 6.54 Å². The summed E-state index contributed by atoms with van der Waals surface area (Å²) in [7, 11) is 0. The minimum absolute atomic E-state index is 0.0768. The van der Waals surface area contributed by atoms with Gasteiger partial charge >= 0.3 is 6.09 Å². The lowest BCUT2D eigenvalue weighted by Crippen LogP contribution is -2.57. The predicted octanol–water partition coefficient (Wildman–Crippen LogP) is 3.64. The summed E-state index contributed by atoms with van der Waals surface area (Å²) in [4.78, 5) is 55.7. The Kier molecular flexibility index (Phi) is 8.80. The van der Waals surface area contributed by atoms with Gasteiger partial charge in [-0.3, -0.25) is 14.4 Å². The predicted molar refractivity (Wildman–Crippen MR) is 145 cm³/mol. The van der Waals surface area contributed by atoms with Crippen molar-refractivity contribution in [2.75, 3.05) is 6.54 Å². The molecule has 3 heterocycles. The van der Waals surface area contributed by atoms with E-state index in [1.54, 1.807) is 37.0 Å². The molecule has 9 nitrogen and oxygen atoms in total. The highest BCUT2D eigenvalue weighted by Crippen LogP contribution is 2.45. The van der Waals surface area contributed by atoms with Crippen molar-refractivity contribution in [3.05, 3.63) is 34.5 Å². The first-order valence-corrected chi connectivity index (χ1v) is 14.6. The van der Waals surface area contributed by atoms with Crippen LogP contribution in [0.3, 0.4) is 0 Å². The second-order valence-corrected chi connectivity index (χ2v) is 12.5. The minimum atomic E-state index is -1.00. The third kappa shape index (κ3) is 6.95. The van der Waals surface area contributed by atoms with Gasteiger partial charge in [-0.2, -0.15) is 0 Å². The number of hydrogen-bond acceptors (Lipinski definition) is 6. The summed E-state index contributed by atoms with van der Waals surface area (Å²) in [5.74, 6) is -0.862. The number of carbonyl (C=O) groups excluding carboxylic acids is 4. The zero-order valence-corrected chi connectivity index (χ0v) is 23.4. The second-order valence-electron chi connectivity index (χ2n) is 11.5. The quantitative estimate of drug-likeness (QED) is 0.501. The number of allylic oxidation sites excluding steroid dienone is 1. The number of alkyl carbamates (subject to hydrolysis) is 1. The molecule has 1 aromatic heterocycles. The van der Waals surface area contributed by atoms with Crippen molar-refractivity contribution < 1.29 is 23.9 Å². The molecule has 3 aliphatic rings. The third-order valence-corrected chi connectivity index (χ3v) is 8.21. The largest absolute Gasteiger partial charge is 0.444 e. The summed E-state index contributed by atoms with van der Waals surface area (Å²) in [5, 5.41) is 10.8. The van der Waals surface area contributed by atoms with E-state index in [1.807, 2.05) is 17.5 Å². The van der Waals surface area contributed by atoms with Crippen molar-refractivity contribution in [1.29, 1.82) is 0 Å². The van der Waals surface area contributed by atoms with Gasteiger partial charge in [-0.15, -0.1) is 11.3 Å². The molecule has 4 rings (SSSR count). The Morgan fingerprint density at radius 3 is 2.74 bits per heavy atom. The van der Waals surface area contributed by atoms with Crippen molar-refractivity contribution in [2.24, 2.45) is 5.92 Å². The molecule has 0 spiro atoms. The van der Waals surface area contributed by atoms with Gasteiger partial charge in [-0.1, -0.05) is 31.1 Å². The first-order valence-electron chi connectivity index (χ1n) is 13.7. The van der Waals surface area contributed by atoms with Gasteiger partial charge < -0.3 is 25.6 Å². The van der Waals surface area contributed by atoms with Crippen LogP contribution in [0.4, 0.5) is 4.79 Å². The zero-order valence-electron chi connectivity index (χ0n) is 22.6. The lowest BCUT2D eigenvalue weighted by molar-refractivity contribution is -0.141. The van der Waals surface area contributed by atoms with Crippen LogP contribution >= 0.6 is 11.3 Å². The molecular weight excluding hydrogens is 504 g/mol. The first-order chi connectivity index (χ1) is 18.1. The van der Waals surface area contributed by atoms with Crippen molar-refractivity contribution >= 4 is 35.2 Å². The van der Waals surface area contributed by atoms with Crippen LogP contribution in [0, 0.1) is 5.92 Å². The maximum atomic E-state index is 13.6. The number of fused-ring (bicyclic) bond motifs is 2. The number of hydrogen-bond donors (Lipinski definition) is 3. The Hall–Kier alpha value is -2.88.